The van der Waals surface area contributed by atoms with E-state index in [2.05, 4.69) is 5.32 Å². The molecule has 2 rings (SSSR count). The maximum atomic E-state index is 13.8. The molecule has 0 aromatic heterocycles. The Kier molecular flexibility index (Phi) is 4.07. The fourth-order valence-electron chi connectivity index (χ4n) is 2.62. The van der Waals surface area contributed by atoms with E-state index in [1.165, 1.54) is 12.5 Å². The third-order valence-electron chi connectivity index (χ3n) is 3.77. The zero-order chi connectivity index (χ0) is 13.0. The first-order chi connectivity index (χ1) is 8.69. The van der Waals surface area contributed by atoms with E-state index in [0.29, 0.717) is 18.0 Å². The molecule has 1 aliphatic carbocycles. The summed E-state index contributed by atoms with van der Waals surface area (Å²) in [6.07, 6.45) is 5.54. The van der Waals surface area contributed by atoms with Gasteiger partial charge in [0.15, 0.2) is 0 Å². The lowest BCUT2D eigenvalue weighted by molar-refractivity contribution is 0.329. The maximum absolute atomic E-state index is 13.8. The number of nitrogens with one attached hydrogen (secondary N) is 1. The summed E-state index contributed by atoms with van der Waals surface area (Å²) < 4.78 is 18.9. The first kappa shape index (κ1) is 13.1. The van der Waals surface area contributed by atoms with Crippen LogP contribution in [0.3, 0.4) is 0 Å². The number of rotatable bonds is 4. The summed E-state index contributed by atoms with van der Waals surface area (Å²) in [4.78, 5) is 0. The Balaban J connectivity index is 2.20. The molecule has 3 N–H and O–H groups in total. The number of ether oxygens (including phenoxy) is 1. The van der Waals surface area contributed by atoms with Crippen molar-refractivity contribution in [3.8, 4) is 5.75 Å². The highest BCUT2D eigenvalue weighted by Crippen LogP contribution is 2.32. The number of benzene rings is 1. The fourth-order valence-corrected chi connectivity index (χ4v) is 2.62. The van der Waals surface area contributed by atoms with Crippen molar-refractivity contribution in [3.63, 3.8) is 0 Å². The smallest absolute Gasteiger partial charge is 0.146 e. The average Bonchev–Trinajstić information content (AvgIpc) is 2.42. The second-order valence-electron chi connectivity index (χ2n) is 5.02. The Morgan fingerprint density at radius 2 is 2.06 bits per heavy atom. The van der Waals surface area contributed by atoms with Crippen molar-refractivity contribution in [2.24, 2.45) is 5.73 Å². The second-order valence-corrected chi connectivity index (χ2v) is 5.02. The number of methoxy groups -OCH3 is 1. The van der Waals surface area contributed by atoms with Crippen molar-refractivity contribution in [3.05, 3.63) is 24.0 Å². The van der Waals surface area contributed by atoms with Crippen molar-refractivity contribution in [1.82, 2.24) is 0 Å². The molecule has 0 saturated heterocycles. The van der Waals surface area contributed by atoms with Crippen LogP contribution in [0.1, 0.15) is 32.1 Å². The third kappa shape index (κ3) is 2.75. The van der Waals surface area contributed by atoms with Gasteiger partial charge >= 0.3 is 0 Å². The van der Waals surface area contributed by atoms with Crippen LogP contribution in [0.2, 0.25) is 0 Å². The Labute approximate surface area is 108 Å². The monoisotopic (exact) mass is 252 g/mol. The number of hydrogen-bond acceptors (Lipinski definition) is 3. The molecule has 1 saturated carbocycles. The Morgan fingerprint density at radius 1 is 1.33 bits per heavy atom. The number of nitrogens with two attached hydrogens (primary N) is 1. The Hall–Kier alpha value is -1.29. The zero-order valence-corrected chi connectivity index (χ0v) is 10.8. The van der Waals surface area contributed by atoms with Gasteiger partial charge in [0.1, 0.15) is 11.6 Å². The standard InChI is InChI=1S/C14H21FN2O/c1-18-11-5-6-12(15)13(9-11)17-14(10-16)7-3-2-4-8-14/h5-6,9,17H,2-4,7-8,10,16H2,1H3. The van der Waals surface area contributed by atoms with Gasteiger partial charge in [-0.15, -0.1) is 0 Å². The minimum absolute atomic E-state index is 0.161. The zero-order valence-electron chi connectivity index (χ0n) is 10.8. The van der Waals surface area contributed by atoms with Gasteiger partial charge in [0.05, 0.1) is 12.8 Å². The normalized spacial score (nSPS) is 18.4. The van der Waals surface area contributed by atoms with Gasteiger partial charge in [-0.05, 0) is 25.0 Å². The number of halogens is 1. The van der Waals surface area contributed by atoms with Gasteiger partial charge in [-0.1, -0.05) is 19.3 Å². The summed E-state index contributed by atoms with van der Waals surface area (Å²) in [6.45, 7) is 0.531. The van der Waals surface area contributed by atoms with Crippen molar-refractivity contribution in [1.29, 1.82) is 0 Å². The van der Waals surface area contributed by atoms with Gasteiger partial charge in [-0.3, -0.25) is 0 Å². The summed E-state index contributed by atoms with van der Waals surface area (Å²) in [5, 5.41) is 3.31. The molecular formula is C14H21FN2O. The van der Waals surface area contributed by atoms with E-state index in [1.54, 1.807) is 19.2 Å². The maximum Gasteiger partial charge on any atom is 0.146 e. The van der Waals surface area contributed by atoms with E-state index < -0.39 is 0 Å². The van der Waals surface area contributed by atoms with E-state index in [4.69, 9.17) is 10.5 Å². The molecule has 0 amide bonds. The van der Waals surface area contributed by atoms with Crippen molar-refractivity contribution < 1.29 is 9.13 Å². The van der Waals surface area contributed by atoms with Crippen LogP contribution in [-0.4, -0.2) is 19.2 Å². The minimum atomic E-state index is -0.255. The molecule has 1 fully saturated rings. The molecule has 18 heavy (non-hydrogen) atoms. The van der Waals surface area contributed by atoms with Crippen LogP contribution in [0.15, 0.2) is 18.2 Å². The summed E-state index contributed by atoms with van der Waals surface area (Å²) in [5.41, 5.74) is 6.22. The minimum Gasteiger partial charge on any atom is -0.497 e. The van der Waals surface area contributed by atoms with Crippen LogP contribution in [-0.2, 0) is 0 Å². The molecule has 1 aromatic carbocycles. The molecule has 100 valence electrons. The molecule has 4 heteroatoms. The quantitative estimate of drug-likeness (QED) is 0.866. The summed E-state index contributed by atoms with van der Waals surface area (Å²) >= 11 is 0. The summed E-state index contributed by atoms with van der Waals surface area (Å²) in [6, 6.07) is 4.74. The van der Waals surface area contributed by atoms with Gasteiger partial charge in [0.25, 0.3) is 0 Å². The molecule has 0 unspecified atom stereocenters. The molecule has 1 aromatic rings. The molecule has 3 nitrogen and oxygen atoms in total. The first-order valence-corrected chi connectivity index (χ1v) is 6.51. The molecule has 0 atom stereocenters. The third-order valence-corrected chi connectivity index (χ3v) is 3.77. The lowest BCUT2D eigenvalue weighted by Crippen LogP contribution is -2.47. The van der Waals surface area contributed by atoms with E-state index in [-0.39, 0.29) is 11.4 Å². The number of anilines is 1. The van der Waals surface area contributed by atoms with Crippen LogP contribution in [0.25, 0.3) is 0 Å². The molecular weight excluding hydrogens is 231 g/mol. The fraction of sp³-hybridized carbons (Fsp3) is 0.571. The van der Waals surface area contributed by atoms with Crippen LogP contribution in [0.4, 0.5) is 10.1 Å². The van der Waals surface area contributed by atoms with Crippen molar-refractivity contribution >= 4 is 5.69 Å². The van der Waals surface area contributed by atoms with Crippen LogP contribution >= 0.6 is 0 Å². The second kappa shape index (κ2) is 5.57. The topological polar surface area (TPSA) is 47.3 Å². The van der Waals surface area contributed by atoms with Crippen LogP contribution in [0.5, 0.6) is 5.75 Å². The highest BCUT2D eigenvalue weighted by Gasteiger charge is 2.31. The predicted octanol–water partition coefficient (Wildman–Crippen LogP) is 2.91. The van der Waals surface area contributed by atoms with Gasteiger partial charge in [-0.2, -0.15) is 0 Å². The van der Waals surface area contributed by atoms with Crippen molar-refractivity contribution in [2.75, 3.05) is 19.0 Å². The van der Waals surface area contributed by atoms with Gasteiger partial charge in [0, 0.05) is 18.2 Å². The van der Waals surface area contributed by atoms with Crippen LogP contribution < -0.4 is 15.8 Å². The lowest BCUT2D eigenvalue weighted by atomic mass is 9.81. The van der Waals surface area contributed by atoms with Crippen LogP contribution in [0, 0.1) is 5.82 Å². The molecule has 0 spiro atoms. The highest BCUT2D eigenvalue weighted by atomic mass is 19.1. The number of hydrogen-bond donors (Lipinski definition) is 2. The molecule has 1 aliphatic rings. The SMILES string of the molecule is COc1ccc(F)c(NC2(CN)CCCCC2)c1. The lowest BCUT2D eigenvalue weighted by Gasteiger charge is -2.38. The molecule has 0 heterocycles. The summed E-state index contributed by atoms with van der Waals surface area (Å²) in [5.74, 6) is 0.399. The Bertz CT molecular complexity index is 403. The Morgan fingerprint density at radius 3 is 2.67 bits per heavy atom. The first-order valence-electron chi connectivity index (χ1n) is 6.51. The molecule has 0 bridgehead atoms. The van der Waals surface area contributed by atoms with Gasteiger partial charge < -0.3 is 15.8 Å². The largest absolute Gasteiger partial charge is 0.497 e. The van der Waals surface area contributed by atoms with Crippen molar-refractivity contribution in [2.45, 2.75) is 37.6 Å². The predicted molar refractivity (Wildman–Crippen MR) is 71.4 cm³/mol. The van der Waals surface area contributed by atoms with E-state index in [1.807, 2.05) is 0 Å². The molecule has 0 radical (unpaired) electrons. The van der Waals surface area contributed by atoms with E-state index >= 15 is 0 Å². The van der Waals surface area contributed by atoms with E-state index in [0.717, 1.165) is 25.7 Å². The molecule has 0 aliphatic heterocycles. The summed E-state index contributed by atoms with van der Waals surface area (Å²) in [7, 11) is 1.58. The highest BCUT2D eigenvalue weighted by molar-refractivity contribution is 5.51. The van der Waals surface area contributed by atoms with E-state index in [9.17, 15) is 4.39 Å². The van der Waals surface area contributed by atoms with Gasteiger partial charge in [-0.25, -0.2) is 4.39 Å². The van der Waals surface area contributed by atoms with Gasteiger partial charge in [0.2, 0.25) is 0 Å². The average molecular weight is 252 g/mol.